The molecule has 0 N–H and O–H groups in total. The summed E-state index contributed by atoms with van der Waals surface area (Å²) in [6.07, 6.45) is -2.32. The monoisotopic (exact) mass is 601 g/mol. The Bertz CT molecular complexity index is 1650. The van der Waals surface area contributed by atoms with Gasteiger partial charge < -0.3 is 18.9 Å². The van der Waals surface area contributed by atoms with Crippen LogP contribution in [0.25, 0.3) is 10.2 Å². The smallest absolute Gasteiger partial charge is 0.234 e. The molecule has 9 heteroatoms. The van der Waals surface area contributed by atoms with Gasteiger partial charge in [-0.3, -0.25) is 0 Å². The molecule has 0 bridgehead atoms. The predicted molar refractivity (Wildman–Crippen MR) is 162 cm³/mol. The van der Waals surface area contributed by atoms with E-state index in [1.165, 1.54) is 0 Å². The van der Waals surface area contributed by atoms with Crippen molar-refractivity contribution >= 4 is 31.4 Å². The molecule has 4 atom stereocenters. The molecule has 2 heterocycles. The molecule has 1 saturated heterocycles. The topological polar surface area (TPSA) is 84.0 Å². The molecule has 1 fully saturated rings. The Morgan fingerprint density at radius 3 is 1.79 bits per heavy atom. The minimum atomic E-state index is -4.06. The van der Waals surface area contributed by atoms with Gasteiger partial charge in [0.05, 0.1) is 36.6 Å². The van der Waals surface area contributed by atoms with E-state index in [1.807, 2.05) is 109 Å². The number of aromatic nitrogens is 1. The van der Waals surface area contributed by atoms with E-state index in [1.54, 1.807) is 6.07 Å². The fourth-order valence-electron chi connectivity index (χ4n) is 4.93. The van der Waals surface area contributed by atoms with Gasteiger partial charge in [0, 0.05) is 0 Å². The van der Waals surface area contributed by atoms with Crippen LogP contribution in [0, 0.1) is 0 Å². The molecule has 0 unspecified atom stereocenters. The van der Waals surface area contributed by atoms with Crippen molar-refractivity contribution in [2.45, 2.75) is 47.9 Å². The fraction of sp³-hybridized carbons (Fsp3) is 0.242. The van der Waals surface area contributed by atoms with Crippen molar-refractivity contribution in [3.8, 4) is 0 Å². The van der Waals surface area contributed by atoms with E-state index in [0.717, 1.165) is 32.7 Å². The van der Waals surface area contributed by atoms with E-state index < -0.39 is 33.6 Å². The first kappa shape index (κ1) is 28.7. The summed E-state index contributed by atoms with van der Waals surface area (Å²) in [5.74, 6) is 0. The molecule has 0 spiro atoms. The number of ether oxygens (including phenoxy) is 4. The number of nitrogens with zero attached hydrogens (tertiary/aromatic N) is 1. The number of thiazole rings is 1. The number of hydrogen-bond acceptors (Lipinski definition) is 8. The van der Waals surface area contributed by atoms with Crippen molar-refractivity contribution in [2.75, 3.05) is 6.61 Å². The van der Waals surface area contributed by atoms with Crippen LogP contribution >= 0.6 is 11.3 Å². The molecule has 1 aromatic heterocycles. The number of benzene rings is 4. The highest BCUT2D eigenvalue weighted by Gasteiger charge is 2.53. The Balaban J connectivity index is 1.30. The quantitative estimate of drug-likeness (QED) is 0.169. The van der Waals surface area contributed by atoms with Gasteiger partial charge in [0.2, 0.25) is 14.2 Å². The fourth-order valence-corrected chi connectivity index (χ4v) is 7.94. The average Bonchev–Trinajstić information content (AvgIpc) is 3.63. The third kappa shape index (κ3) is 6.62. The molecule has 42 heavy (non-hydrogen) atoms. The molecule has 0 aliphatic carbocycles. The Hall–Kier alpha value is -3.44. The normalized spacial score (nSPS) is 20.7. The maximum absolute atomic E-state index is 14.1. The SMILES string of the molecule is O=S(=O)(c1nc2ccccc2s1)[C@H]1O[C@H](COCc2ccccc2)[C@@H](OCc2ccccc2)[C@H]1OCc1ccccc1. The molecular weight excluding hydrogens is 570 g/mol. The van der Waals surface area contributed by atoms with Gasteiger partial charge in [-0.2, -0.15) is 0 Å². The van der Waals surface area contributed by atoms with Crippen LogP contribution in [0.5, 0.6) is 0 Å². The van der Waals surface area contributed by atoms with E-state index in [9.17, 15) is 8.42 Å². The van der Waals surface area contributed by atoms with Crippen LogP contribution in [0.3, 0.4) is 0 Å². The van der Waals surface area contributed by atoms with Crippen LogP contribution in [0.1, 0.15) is 16.7 Å². The molecule has 1 aliphatic rings. The first-order valence-electron chi connectivity index (χ1n) is 13.8. The van der Waals surface area contributed by atoms with Crippen molar-refractivity contribution in [3.63, 3.8) is 0 Å². The summed E-state index contributed by atoms with van der Waals surface area (Å²) >= 11 is 1.13. The Morgan fingerprint density at radius 1 is 0.667 bits per heavy atom. The molecular formula is C33H31NO6S2. The third-order valence-electron chi connectivity index (χ3n) is 7.06. The van der Waals surface area contributed by atoms with E-state index in [0.29, 0.717) is 12.1 Å². The van der Waals surface area contributed by atoms with Crippen LogP contribution in [0.2, 0.25) is 0 Å². The van der Waals surface area contributed by atoms with E-state index >= 15 is 0 Å². The standard InChI is InChI=1S/C33H31NO6S2/c35-42(36,33-34-27-18-10-11-19-29(27)41-33)32-31(39-22-26-16-8-3-9-17-26)30(38-21-25-14-6-2-7-15-25)28(40-32)23-37-20-24-12-4-1-5-13-24/h1-19,28,30-32H,20-23H2/t28-,30-,31-,32-/m1/s1. The summed E-state index contributed by atoms with van der Waals surface area (Å²) in [4.78, 5) is 4.45. The van der Waals surface area contributed by atoms with Gasteiger partial charge >= 0.3 is 0 Å². The van der Waals surface area contributed by atoms with Crippen LogP contribution in [-0.4, -0.2) is 43.8 Å². The Morgan fingerprint density at radius 2 is 1.19 bits per heavy atom. The second-order valence-corrected chi connectivity index (χ2v) is 13.3. The highest BCUT2D eigenvalue weighted by atomic mass is 32.2. The summed E-state index contributed by atoms with van der Waals surface area (Å²) in [5, 5.41) is 0. The number of rotatable bonds is 12. The first-order chi connectivity index (χ1) is 20.6. The van der Waals surface area contributed by atoms with Crippen LogP contribution in [0.15, 0.2) is 120 Å². The highest BCUT2D eigenvalue weighted by Crippen LogP contribution is 2.37. The molecule has 0 radical (unpaired) electrons. The second-order valence-electron chi connectivity index (χ2n) is 10.1. The van der Waals surface area contributed by atoms with E-state index in [-0.39, 0.29) is 24.2 Å². The highest BCUT2D eigenvalue weighted by molar-refractivity contribution is 7.94. The zero-order valence-corrected chi connectivity index (χ0v) is 24.5. The van der Waals surface area contributed by atoms with E-state index in [4.69, 9.17) is 18.9 Å². The largest absolute Gasteiger partial charge is 0.374 e. The number of para-hydroxylation sites is 1. The third-order valence-corrected chi connectivity index (χ3v) is 10.4. The minimum absolute atomic E-state index is 0.00493. The second kappa shape index (κ2) is 13.2. The van der Waals surface area contributed by atoms with Crippen molar-refractivity contribution < 1.29 is 27.4 Å². The average molecular weight is 602 g/mol. The summed E-state index contributed by atoms with van der Waals surface area (Å²) < 4.78 is 54.2. The minimum Gasteiger partial charge on any atom is -0.374 e. The lowest BCUT2D eigenvalue weighted by Crippen LogP contribution is -2.41. The Kier molecular flexibility index (Phi) is 9.04. The lowest BCUT2D eigenvalue weighted by Gasteiger charge is -2.25. The van der Waals surface area contributed by atoms with Crippen LogP contribution in [0.4, 0.5) is 0 Å². The van der Waals surface area contributed by atoms with Gasteiger partial charge in [-0.05, 0) is 28.8 Å². The van der Waals surface area contributed by atoms with Crippen LogP contribution < -0.4 is 0 Å². The van der Waals surface area contributed by atoms with Gasteiger partial charge in [0.1, 0.15) is 18.3 Å². The van der Waals surface area contributed by atoms with Gasteiger partial charge in [-0.1, -0.05) is 103 Å². The maximum Gasteiger partial charge on any atom is 0.234 e. The zero-order chi connectivity index (χ0) is 28.8. The molecule has 4 aromatic carbocycles. The first-order valence-corrected chi connectivity index (χ1v) is 16.1. The number of hydrogen-bond donors (Lipinski definition) is 0. The zero-order valence-electron chi connectivity index (χ0n) is 22.8. The van der Waals surface area contributed by atoms with Crippen molar-refractivity contribution in [1.82, 2.24) is 4.98 Å². The summed E-state index contributed by atoms with van der Waals surface area (Å²) in [6.45, 7) is 0.953. The van der Waals surface area contributed by atoms with Gasteiger partial charge in [0.25, 0.3) is 0 Å². The lowest BCUT2D eigenvalue weighted by molar-refractivity contribution is -0.0896. The van der Waals surface area contributed by atoms with Crippen molar-refractivity contribution in [1.29, 1.82) is 0 Å². The molecule has 0 amide bonds. The van der Waals surface area contributed by atoms with E-state index in [2.05, 4.69) is 4.98 Å². The molecule has 0 saturated carbocycles. The number of sulfone groups is 1. The molecule has 7 nitrogen and oxygen atoms in total. The summed E-state index contributed by atoms with van der Waals surface area (Å²) in [5.41, 5.74) is 2.18. The van der Waals surface area contributed by atoms with Gasteiger partial charge in [0.15, 0.2) is 5.44 Å². The summed E-state index contributed by atoms with van der Waals surface area (Å²) in [7, 11) is -4.06. The number of fused-ring (bicyclic) bond motifs is 1. The van der Waals surface area contributed by atoms with Gasteiger partial charge in [-0.25, -0.2) is 13.4 Å². The van der Waals surface area contributed by atoms with Crippen molar-refractivity contribution in [3.05, 3.63) is 132 Å². The van der Waals surface area contributed by atoms with Crippen molar-refractivity contribution in [2.24, 2.45) is 0 Å². The lowest BCUT2D eigenvalue weighted by atomic mass is 10.1. The van der Waals surface area contributed by atoms with Gasteiger partial charge in [-0.15, -0.1) is 11.3 Å². The predicted octanol–water partition coefficient (Wildman–Crippen LogP) is 6.18. The molecule has 1 aliphatic heterocycles. The molecule has 5 aromatic rings. The molecule has 216 valence electrons. The Labute approximate surface area is 249 Å². The maximum atomic E-state index is 14.1. The summed E-state index contributed by atoms with van der Waals surface area (Å²) in [6, 6.07) is 36.5. The molecule has 6 rings (SSSR count). The van der Waals surface area contributed by atoms with Crippen LogP contribution in [-0.2, 0) is 48.6 Å².